The van der Waals surface area contributed by atoms with E-state index in [9.17, 15) is 14.9 Å². The maximum Gasteiger partial charge on any atom is 0.287 e. The van der Waals surface area contributed by atoms with Crippen molar-refractivity contribution in [1.82, 2.24) is 14.3 Å². The van der Waals surface area contributed by atoms with Crippen molar-refractivity contribution in [3.8, 4) is 11.8 Å². The summed E-state index contributed by atoms with van der Waals surface area (Å²) in [5, 5.41) is 15.2. The standard InChI is InChI=1S/C21H12N4O2S/c22-11-13-12-24(17-5-2-1-4-15(13)17)14-7-8-16-18(10-14)25(23-20(16)26)21(27)19-6-3-9-28-19/h1-10,12H,(H,23,26). The first-order chi connectivity index (χ1) is 13.7. The zero-order valence-electron chi connectivity index (χ0n) is 14.4. The molecule has 0 amide bonds. The molecule has 5 rings (SSSR count). The van der Waals surface area contributed by atoms with E-state index in [1.807, 2.05) is 40.3 Å². The van der Waals surface area contributed by atoms with Crippen LogP contribution in [0.25, 0.3) is 27.5 Å². The molecule has 0 aliphatic rings. The second-order valence-electron chi connectivity index (χ2n) is 6.30. The van der Waals surface area contributed by atoms with Crippen molar-refractivity contribution >= 4 is 39.0 Å². The van der Waals surface area contributed by atoms with E-state index in [0.29, 0.717) is 21.3 Å². The first-order valence-electron chi connectivity index (χ1n) is 8.51. The number of para-hydroxylation sites is 1. The number of hydrogen-bond donors (Lipinski definition) is 1. The van der Waals surface area contributed by atoms with Gasteiger partial charge < -0.3 is 4.57 Å². The van der Waals surface area contributed by atoms with Crippen LogP contribution >= 0.6 is 11.3 Å². The number of aromatic amines is 1. The largest absolute Gasteiger partial charge is 0.315 e. The molecule has 0 aliphatic carbocycles. The summed E-state index contributed by atoms with van der Waals surface area (Å²) < 4.78 is 3.18. The van der Waals surface area contributed by atoms with E-state index in [1.54, 1.807) is 30.5 Å². The molecule has 0 unspecified atom stereocenters. The van der Waals surface area contributed by atoms with Gasteiger partial charge in [0.1, 0.15) is 6.07 Å². The fourth-order valence-corrected chi connectivity index (χ4v) is 4.07. The first-order valence-corrected chi connectivity index (χ1v) is 9.39. The second kappa shape index (κ2) is 6.08. The highest BCUT2D eigenvalue weighted by Crippen LogP contribution is 2.26. The van der Waals surface area contributed by atoms with Crippen molar-refractivity contribution in [2.24, 2.45) is 0 Å². The topological polar surface area (TPSA) is 83.6 Å². The van der Waals surface area contributed by atoms with Crippen molar-refractivity contribution in [3.05, 3.63) is 87.0 Å². The monoisotopic (exact) mass is 384 g/mol. The molecule has 0 spiro atoms. The van der Waals surface area contributed by atoms with E-state index >= 15 is 0 Å². The number of aromatic nitrogens is 3. The van der Waals surface area contributed by atoms with Gasteiger partial charge in [0.2, 0.25) is 0 Å². The molecular formula is C21H12N4O2S. The number of rotatable bonds is 2. The van der Waals surface area contributed by atoms with Crippen molar-refractivity contribution in [2.75, 3.05) is 0 Å². The van der Waals surface area contributed by atoms with Gasteiger partial charge in [-0.25, -0.2) is 4.68 Å². The molecule has 0 aliphatic heterocycles. The third kappa shape index (κ3) is 2.32. The van der Waals surface area contributed by atoms with E-state index in [2.05, 4.69) is 11.2 Å². The second-order valence-corrected chi connectivity index (χ2v) is 7.25. The number of hydrogen-bond acceptors (Lipinski definition) is 4. The molecule has 0 radical (unpaired) electrons. The predicted molar refractivity (Wildman–Crippen MR) is 108 cm³/mol. The highest BCUT2D eigenvalue weighted by atomic mass is 32.1. The molecule has 28 heavy (non-hydrogen) atoms. The highest BCUT2D eigenvalue weighted by molar-refractivity contribution is 7.12. The minimum Gasteiger partial charge on any atom is -0.315 e. The molecule has 5 aromatic rings. The Hall–Kier alpha value is -3.89. The first kappa shape index (κ1) is 16.3. The summed E-state index contributed by atoms with van der Waals surface area (Å²) >= 11 is 1.32. The van der Waals surface area contributed by atoms with Crippen LogP contribution in [0.3, 0.4) is 0 Å². The van der Waals surface area contributed by atoms with Crippen molar-refractivity contribution in [3.63, 3.8) is 0 Å². The molecule has 0 atom stereocenters. The number of carbonyl (C=O) groups is 1. The van der Waals surface area contributed by atoms with Gasteiger partial charge in [-0.05, 0) is 35.7 Å². The van der Waals surface area contributed by atoms with Gasteiger partial charge in [-0.3, -0.25) is 14.7 Å². The number of nitrogens with one attached hydrogen (secondary N) is 1. The fraction of sp³-hybridized carbons (Fsp3) is 0. The lowest BCUT2D eigenvalue weighted by Gasteiger charge is -2.07. The Bertz CT molecular complexity index is 1460. The van der Waals surface area contributed by atoms with Gasteiger partial charge in [0.15, 0.2) is 0 Å². The van der Waals surface area contributed by atoms with Crippen molar-refractivity contribution in [2.45, 2.75) is 0 Å². The number of carbonyl (C=O) groups excluding carboxylic acids is 1. The van der Waals surface area contributed by atoms with Gasteiger partial charge in [-0.2, -0.15) is 5.26 Å². The zero-order valence-corrected chi connectivity index (χ0v) is 15.2. The van der Waals surface area contributed by atoms with Crippen LogP contribution in [0, 0.1) is 11.3 Å². The summed E-state index contributed by atoms with van der Waals surface area (Å²) in [4.78, 5) is 25.6. The molecule has 1 N–H and O–H groups in total. The molecule has 2 aromatic carbocycles. The van der Waals surface area contributed by atoms with Crippen LogP contribution in [0.4, 0.5) is 0 Å². The van der Waals surface area contributed by atoms with Gasteiger partial charge in [0, 0.05) is 17.3 Å². The van der Waals surface area contributed by atoms with Crippen molar-refractivity contribution < 1.29 is 4.79 Å². The Kier molecular flexibility index (Phi) is 3.54. The van der Waals surface area contributed by atoms with Crippen LogP contribution < -0.4 is 5.56 Å². The molecule has 3 heterocycles. The summed E-state index contributed by atoms with van der Waals surface area (Å²) in [7, 11) is 0. The average Bonchev–Trinajstić information content (AvgIpc) is 3.45. The van der Waals surface area contributed by atoms with E-state index in [-0.39, 0.29) is 11.5 Å². The Morgan fingerprint density at radius 2 is 1.89 bits per heavy atom. The molecule has 3 aromatic heterocycles. The van der Waals surface area contributed by atoms with Crippen LogP contribution in [0.15, 0.2) is 71.0 Å². The summed E-state index contributed by atoms with van der Waals surface area (Å²) in [5.41, 5.74) is 2.39. The summed E-state index contributed by atoms with van der Waals surface area (Å²) in [5.74, 6) is -0.283. The third-order valence-corrected chi connectivity index (χ3v) is 5.58. The van der Waals surface area contributed by atoms with Gasteiger partial charge >= 0.3 is 0 Å². The average molecular weight is 384 g/mol. The van der Waals surface area contributed by atoms with Gasteiger partial charge in [0.05, 0.1) is 26.9 Å². The molecule has 7 heteroatoms. The van der Waals surface area contributed by atoms with Crippen LogP contribution in [0.2, 0.25) is 0 Å². The molecule has 134 valence electrons. The molecule has 0 saturated heterocycles. The summed E-state index contributed by atoms with van der Waals surface area (Å²) in [6.07, 6.45) is 1.77. The number of H-pyrrole nitrogens is 1. The highest BCUT2D eigenvalue weighted by Gasteiger charge is 2.17. The number of benzene rings is 2. The van der Waals surface area contributed by atoms with Gasteiger partial charge in [-0.1, -0.05) is 24.3 Å². The summed E-state index contributed by atoms with van der Waals surface area (Å²) in [6.45, 7) is 0. The molecule has 0 fully saturated rings. The fourth-order valence-electron chi connectivity index (χ4n) is 3.42. The third-order valence-electron chi connectivity index (χ3n) is 4.73. The molecular weight excluding hydrogens is 372 g/mol. The lowest BCUT2D eigenvalue weighted by Crippen LogP contribution is -2.14. The molecule has 0 saturated carbocycles. The van der Waals surface area contributed by atoms with E-state index in [1.165, 1.54) is 16.0 Å². The minimum atomic E-state index is -0.318. The van der Waals surface area contributed by atoms with E-state index in [4.69, 9.17) is 0 Å². The minimum absolute atomic E-state index is 0.283. The maximum absolute atomic E-state index is 12.8. The number of nitriles is 1. The van der Waals surface area contributed by atoms with Crippen LogP contribution in [0.1, 0.15) is 15.2 Å². The van der Waals surface area contributed by atoms with Crippen LogP contribution in [-0.4, -0.2) is 20.3 Å². The van der Waals surface area contributed by atoms with E-state index < -0.39 is 0 Å². The van der Waals surface area contributed by atoms with Gasteiger partial charge in [-0.15, -0.1) is 11.3 Å². The molecule has 0 bridgehead atoms. The number of thiophene rings is 1. The summed E-state index contributed by atoms with van der Waals surface area (Å²) in [6, 6.07) is 18.6. The normalized spacial score (nSPS) is 11.1. The smallest absolute Gasteiger partial charge is 0.287 e. The van der Waals surface area contributed by atoms with Gasteiger partial charge in [0.25, 0.3) is 11.5 Å². The van der Waals surface area contributed by atoms with Crippen LogP contribution in [-0.2, 0) is 0 Å². The zero-order chi connectivity index (χ0) is 19.3. The van der Waals surface area contributed by atoms with Crippen LogP contribution in [0.5, 0.6) is 0 Å². The Morgan fingerprint density at radius 3 is 2.68 bits per heavy atom. The SMILES string of the molecule is N#Cc1cn(-c2ccc3c(=O)[nH]n(C(=O)c4cccs4)c3c2)c2ccccc12. The Morgan fingerprint density at radius 1 is 1.04 bits per heavy atom. The Balaban J connectivity index is 1.75. The number of fused-ring (bicyclic) bond motifs is 2. The lowest BCUT2D eigenvalue weighted by molar-refractivity contribution is 0.0954. The number of nitrogens with zero attached hydrogens (tertiary/aromatic N) is 3. The quantitative estimate of drug-likeness (QED) is 0.501. The molecule has 6 nitrogen and oxygen atoms in total. The lowest BCUT2D eigenvalue weighted by atomic mass is 10.2. The maximum atomic E-state index is 12.8. The predicted octanol–water partition coefficient (Wildman–Crippen LogP) is 3.90. The Labute approximate surface area is 162 Å². The van der Waals surface area contributed by atoms with Crippen molar-refractivity contribution in [1.29, 1.82) is 5.26 Å². The van der Waals surface area contributed by atoms with E-state index in [0.717, 1.165) is 16.6 Å².